The molecule has 2 aliphatic rings. The van der Waals surface area contributed by atoms with Crippen molar-refractivity contribution in [3.05, 3.63) is 54.1 Å². The number of allylic oxidation sites excluding steroid dienone is 2. The lowest BCUT2D eigenvalue weighted by atomic mass is 9.57. The van der Waals surface area contributed by atoms with Crippen LogP contribution in [0.4, 0.5) is 0 Å². The van der Waals surface area contributed by atoms with Gasteiger partial charge in [-0.1, -0.05) is 123 Å². The average Bonchev–Trinajstić information content (AvgIpc) is 2.99. The first-order chi connectivity index (χ1) is 22.3. The van der Waals surface area contributed by atoms with Gasteiger partial charge in [-0.2, -0.15) is 0 Å². The molecule has 1 fully saturated rings. The topological polar surface area (TPSA) is 61.8 Å². The summed E-state index contributed by atoms with van der Waals surface area (Å²) in [7, 11) is -7.39. The van der Waals surface area contributed by atoms with Crippen molar-refractivity contribution in [3.8, 4) is 11.8 Å². The van der Waals surface area contributed by atoms with Crippen LogP contribution in [0.5, 0.6) is 0 Å². The molecule has 0 saturated heterocycles. The summed E-state index contributed by atoms with van der Waals surface area (Å²) in [5.74, 6) is 6.81. The van der Waals surface area contributed by atoms with Crippen molar-refractivity contribution in [2.24, 2.45) is 17.3 Å². The highest BCUT2D eigenvalue weighted by molar-refractivity contribution is 7.92. The second-order valence-corrected chi connectivity index (χ2v) is 30.0. The molecular weight excluding hydrogens is 649 g/mol. The number of hydrogen-bond acceptors (Lipinski definition) is 5. The Balaban J connectivity index is 2.23. The lowest BCUT2D eigenvalue weighted by Crippen LogP contribution is -2.58. The van der Waals surface area contributed by atoms with E-state index < -0.39 is 43.0 Å². The molecule has 6 atom stereocenters. The molecule has 3 rings (SSSR count). The first kappa shape index (κ1) is 40.9. The third-order valence-electron chi connectivity index (χ3n) is 11.5. The van der Waals surface area contributed by atoms with Crippen LogP contribution in [0.25, 0.3) is 0 Å². The third kappa shape index (κ3) is 9.05. The lowest BCUT2D eigenvalue weighted by molar-refractivity contribution is -0.130. The number of rotatable bonds is 13. The molecule has 2 bridgehead atoms. The van der Waals surface area contributed by atoms with Crippen molar-refractivity contribution in [3.63, 3.8) is 0 Å². The molecule has 48 heavy (non-hydrogen) atoms. The molecule has 270 valence electrons. The van der Waals surface area contributed by atoms with E-state index in [-0.39, 0.29) is 24.7 Å². The van der Waals surface area contributed by atoms with Gasteiger partial charge in [0.2, 0.25) is 8.32 Å². The molecule has 0 spiro atoms. The zero-order valence-electron chi connectivity index (χ0n) is 32.2. The summed E-state index contributed by atoms with van der Waals surface area (Å²) < 4.78 is 49.9. The standard InChI is InChI=1S/C40H66O5SSi2/c1-29(2)48(30(3)4,31(5)6)45-36-23-19-14-16-20-32(7)26-38(46(41,42)35-21-17-15-18-22-35)40(10)33(8)27-37(39(36)34(40)9)44-28-43-24-25-47(11,12)13/h15,17-18,20-22,29-31,33,36-39H,9,14,16,24-28H2,1-8,10-13H3/b32-20+/t33-,36+,37+,38?,39-,40+/m1/s1. The Morgan fingerprint density at radius 1 is 1.02 bits per heavy atom. The molecule has 2 aliphatic carbocycles. The first-order valence-electron chi connectivity index (χ1n) is 18.3. The van der Waals surface area contributed by atoms with E-state index in [9.17, 15) is 8.42 Å². The van der Waals surface area contributed by atoms with Crippen LogP contribution < -0.4 is 0 Å². The zero-order chi connectivity index (χ0) is 36.1. The Bertz CT molecular complexity index is 1390. The Kier molecular flexibility index (Phi) is 14.2. The predicted octanol–water partition coefficient (Wildman–Crippen LogP) is 10.4. The molecule has 5 nitrogen and oxygen atoms in total. The fourth-order valence-corrected chi connectivity index (χ4v) is 17.1. The van der Waals surface area contributed by atoms with Crippen molar-refractivity contribution in [1.82, 2.24) is 0 Å². The van der Waals surface area contributed by atoms with Gasteiger partial charge in [0, 0.05) is 32.4 Å². The summed E-state index contributed by atoms with van der Waals surface area (Å²) in [5, 5.41) is -0.696. The predicted molar refractivity (Wildman–Crippen MR) is 207 cm³/mol. The number of hydrogen-bond donors (Lipinski definition) is 0. The summed E-state index contributed by atoms with van der Waals surface area (Å²) in [6.45, 7) is 32.9. The maximum absolute atomic E-state index is 14.8. The fraction of sp³-hybridized carbons (Fsp3) is 0.700. The Morgan fingerprint density at radius 3 is 2.19 bits per heavy atom. The van der Waals surface area contributed by atoms with E-state index in [0.717, 1.165) is 23.6 Å². The van der Waals surface area contributed by atoms with E-state index in [0.29, 0.717) is 47.4 Å². The molecule has 1 aromatic carbocycles. The monoisotopic (exact) mass is 714 g/mol. The minimum absolute atomic E-state index is 0.0247. The van der Waals surface area contributed by atoms with Crippen LogP contribution in [-0.4, -0.2) is 55.7 Å². The Morgan fingerprint density at radius 2 is 1.62 bits per heavy atom. The van der Waals surface area contributed by atoms with Gasteiger partial charge in [0.25, 0.3) is 0 Å². The summed E-state index contributed by atoms with van der Waals surface area (Å²) in [6.07, 6.45) is 4.03. The highest BCUT2D eigenvalue weighted by Gasteiger charge is 2.57. The van der Waals surface area contributed by atoms with Crippen LogP contribution >= 0.6 is 0 Å². The van der Waals surface area contributed by atoms with Crippen LogP contribution in [0.1, 0.15) is 88.0 Å². The average molecular weight is 715 g/mol. The third-order valence-corrected chi connectivity index (χ3v) is 21.6. The first-order valence-corrected chi connectivity index (χ1v) is 25.7. The smallest absolute Gasteiger partial charge is 0.202 e. The fourth-order valence-electron chi connectivity index (χ4n) is 8.46. The zero-order valence-corrected chi connectivity index (χ0v) is 35.0. The molecule has 0 radical (unpaired) electrons. The molecule has 1 unspecified atom stereocenters. The van der Waals surface area contributed by atoms with Crippen LogP contribution in [0.3, 0.4) is 0 Å². The molecule has 0 heterocycles. The van der Waals surface area contributed by atoms with E-state index in [2.05, 4.69) is 99.9 Å². The molecule has 8 heteroatoms. The van der Waals surface area contributed by atoms with Crippen LogP contribution in [-0.2, 0) is 23.7 Å². The van der Waals surface area contributed by atoms with Crippen molar-refractivity contribution in [2.75, 3.05) is 13.4 Å². The Hall–Kier alpha value is -1.48. The summed E-state index contributed by atoms with van der Waals surface area (Å²) in [4.78, 5) is 0.361. The second kappa shape index (κ2) is 16.7. The summed E-state index contributed by atoms with van der Waals surface area (Å²) >= 11 is 0. The molecule has 0 amide bonds. The van der Waals surface area contributed by atoms with Crippen LogP contribution in [0.2, 0.25) is 42.3 Å². The summed E-state index contributed by atoms with van der Waals surface area (Å²) in [5.41, 5.74) is 2.29. The molecule has 0 N–H and O–H groups in total. The second-order valence-electron chi connectivity index (χ2n) is 16.8. The minimum Gasteiger partial charge on any atom is -0.402 e. The largest absolute Gasteiger partial charge is 0.402 e. The number of sulfone groups is 1. The van der Waals surface area contributed by atoms with Gasteiger partial charge in [0.05, 0.1) is 16.2 Å². The molecule has 1 aromatic rings. The molecule has 0 aliphatic heterocycles. The lowest BCUT2D eigenvalue weighted by Gasteiger charge is -2.54. The van der Waals surface area contributed by atoms with E-state index >= 15 is 0 Å². The van der Waals surface area contributed by atoms with Gasteiger partial charge in [0.15, 0.2) is 9.84 Å². The molecule has 0 aromatic heterocycles. The van der Waals surface area contributed by atoms with Crippen LogP contribution in [0, 0.1) is 29.1 Å². The van der Waals surface area contributed by atoms with E-state index in [4.69, 9.17) is 20.5 Å². The summed E-state index contributed by atoms with van der Waals surface area (Å²) in [6, 6.07) is 10.0. The van der Waals surface area contributed by atoms with Crippen molar-refractivity contribution >= 4 is 26.2 Å². The maximum Gasteiger partial charge on any atom is 0.202 e. The SMILES string of the molecule is C=C1[C@@H]2[C@@H](O[Si](C(C)C)(C(C)C)C(C)C)C#CCC/C=C(\C)CC(S(=O)(=O)c3ccccc3)[C@@]1(C)[C@H](C)C[C@@H]2OCOCC[Si](C)(C)C. The van der Waals surface area contributed by atoms with Gasteiger partial charge >= 0.3 is 0 Å². The van der Waals surface area contributed by atoms with E-state index in [1.54, 1.807) is 12.1 Å². The van der Waals surface area contributed by atoms with Gasteiger partial charge in [-0.25, -0.2) is 8.42 Å². The van der Waals surface area contributed by atoms with Gasteiger partial charge in [0.1, 0.15) is 12.9 Å². The highest BCUT2D eigenvalue weighted by atomic mass is 32.2. The van der Waals surface area contributed by atoms with Gasteiger partial charge < -0.3 is 13.9 Å². The van der Waals surface area contributed by atoms with E-state index in [1.165, 1.54) is 0 Å². The quantitative estimate of drug-likeness (QED) is 0.0669. The van der Waals surface area contributed by atoms with Crippen LogP contribution in [0.15, 0.2) is 59.0 Å². The van der Waals surface area contributed by atoms with Crippen molar-refractivity contribution < 1.29 is 22.3 Å². The van der Waals surface area contributed by atoms with E-state index in [1.807, 2.05) is 18.2 Å². The Labute approximate surface area is 296 Å². The number of ether oxygens (including phenoxy) is 2. The maximum atomic E-state index is 14.8. The molecular formula is C40H66O5SSi2. The van der Waals surface area contributed by atoms with Gasteiger partial charge in [-0.3, -0.25) is 0 Å². The van der Waals surface area contributed by atoms with Gasteiger partial charge in [-0.15, -0.1) is 5.92 Å². The highest BCUT2D eigenvalue weighted by Crippen LogP contribution is 2.56. The minimum atomic E-state index is -3.74. The molecule has 1 saturated carbocycles. The normalized spacial score (nSPS) is 28.8. The number of benzene rings is 1. The van der Waals surface area contributed by atoms with Crippen molar-refractivity contribution in [1.29, 1.82) is 0 Å². The van der Waals surface area contributed by atoms with Gasteiger partial charge in [-0.05, 0) is 66.9 Å². The van der Waals surface area contributed by atoms with Crippen molar-refractivity contribution in [2.45, 2.75) is 153 Å². The number of fused-ring (bicyclic) bond motifs is 2.